The Morgan fingerprint density at radius 3 is 2.81 bits per heavy atom. The number of aryl methyl sites for hydroxylation is 1. The van der Waals surface area contributed by atoms with Crippen LogP contribution in [0.5, 0.6) is 0 Å². The topological polar surface area (TPSA) is 47.0 Å². The lowest BCUT2D eigenvalue weighted by molar-refractivity contribution is 0.177. The number of rotatable bonds is 6. The quantitative estimate of drug-likeness (QED) is 0.801. The molecule has 90 valence electrons. The molecule has 1 aromatic rings. The fourth-order valence-electron chi connectivity index (χ4n) is 1.62. The van der Waals surface area contributed by atoms with E-state index in [0.29, 0.717) is 12.6 Å². The summed E-state index contributed by atoms with van der Waals surface area (Å²) in [5.41, 5.74) is 2.19. The lowest BCUT2D eigenvalue weighted by Crippen LogP contribution is -2.21. The molecule has 0 radical (unpaired) electrons. The molecular weight excluding hydrogens is 202 g/mol. The first-order valence-electron chi connectivity index (χ1n) is 5.73. The van der Waals surface area contributed by atoms with Gasteiger partial charge in [-0.05, 0) is 26.8 Å². The Morgan fingerprint density at radius 1 is 1.50 bits per heavy atom. The number of nitrogens with zero attached hydrogens (tertiary/aromatic N) is 2. The summed E-state index contributed by atoms with van der Waals surface area (Å²) in [7, 11) is 1.65. The molecule has 4 heteroatoms. The van der Waals surface area contributed by atoms with Gasteiger partial charge in [-0.15, -0.1) is 0 Å². The van der Waals surface area contributed by atoms with Crippen LogP contribution in [0.1, 0.15) is 43.4 Å². The van der Waals surface area contributed by atoms with Crippen molar-refractivity contribution in [1.29, 1.82) is 0 Å². The van der Waals surface area contributed by atoms with Gasteiger partial charge in [0.2, 0.25) is 0 Å². The van der Waals surface area contributed by atoms with Gasteiger partial charge in [0.1, 0.15) is 6.61 Å². The Morgan fingerprint density at radius 2 is 2.25 bits per heavy atom. The maximum absolute atomic E-state index is 5.01. The smallest absolute Gasteiger partial charge is 0.154 e. The van der Waals surface area contributed by atoms with Crippen molar-refractivity contribution in [3.63, 3.8) is 0 Å². The summed E-state index contributed by atoms with van der Waals surface area (Å²) >= 11 is 0. The maximum Gasteiger partial charge on any atom is 0.154 e. The third-order valence-electron chi connectivity index (χ3n) is 2.51. The van der Waals surface area contributed by atoms with E-state index in [1.807, 2.05) is 13.1 Å². The molecule has 1 N–H and O–H groups in total. The lowest BCUT2D eigenvalue weighted by Gasteiger charge is -2.15. The highest BCUT2D eigenvalue weighted by molar-refractivity contribution is 5.19. The first-order chi connectivity index (χ1) is 7.69. The fraction of sp³-hybridized carbons (Fsp3) is 0.667. The van der Waals surface area contributed by atoms with Gasteiger partial charge in [0.15, 0.2) is 5.82 Å². The lowest BCUT2D eigenvalue weighted by atomic mass is 10.1. The van der Waals surface area contributed by atoms with Crippen molar-refractivity contribution >= 4 is 0 Å². The van der Waals surface area contributed by atoms with Crippen LogP contribution in [0.2, 0.25) is 0 Å². The molecule has 0 aromatic carbocycles. The number of nitrogens with one attached hydrogen (secondary N) is 1. The van der Waals surface area contributed by atoms with E-state index in [1.54, 1.807) is 7.11 Å². The van der Waals surface area contributed by atoms with E-state index in [9.17, 15) is 0 Å². The van der Waals surface area contributed by atoms with Crippen LogP contribution in [0.25, 0.3) is 0 Å². The van der Waals surface area contributed by atoms with Crippen LogP contribution in [-0.4, -0.2) is 23.6 Å². The van der Waals surface area contributed by atoms with Gasteiger partial charge in [-0.3, -0.25) is 0 Å². The van der Waals surface area contributed by atoms with Crippen molar-refractivity contribution in [2.24, 2.45) is 0 Å². The zero-order chi connectivity index (χ0) is 12.0. The second-order valence-corrected chi connectivity index (χ2v) is 3.94. The number of aromatic nitrogens is 2. The minimum absolute atomic E-state index is 0.302. The number of hydrogen-bond donors (Lipinski definition) is 1. The summed E-state index contributed by atoms with van der Waals surface area (Å²) in [6, 6.07) is 0.302. The first kappa shape index (κ1) is 13.1. The van der Waals surface area contributed by atoms with Gasteiger partial charge in [-0.25, -0.2) is 9.97 Å². The van der Waals surface area contributed by atoms with Gasteiger partial charge in [-0.1, -0.05) is 6.92 Å². The molecule has 0 spiro atoms. The minimum atomic E-state index is 0.302. The van der Waals surface area contributed by atoms with Crippen LogP contribution >= 0.6 is 0 Å². The van der Waals surface area contributed by atoms with Gasteiger partial charge < -0.3 is 10.1 Å². The van der Waals surface area contributed by atoms with Gasteiger partial charge in [0.05, 0.1) is 0 Å². The Hall–Kier alpha value is -1.00. The molecule has 0 bridgehead atoms. The second-order valence-electron chi connectivity index (χ2n) is 3.94. The molecule has 0 aliphatic heterocycles. The molecule has 0 amide bonds. The standard InChI is InChI=1S/C12H21N3O/c1-5-6-13-9(2)11-7-14-12(8-16-4)15-10(11)3/h7,9,13H,5-6,8H2,1-4H3. The van der Waals surface area contributed by atoms with Crippen molar-refractivity contribution in [3.8, 4) is 0 Å². The monoisotopic (exact) mass is 223 g/mol. The molecule has 1 aromatic heterocycles. The van der Waals surface area contributed by atoms with E-state index in [4.69, 9.17) is 4.74 Å². The molecule has 16 heavy (non-hydrogen) atoms. The minimum Gasteiger partial charge on any atom is -0.377 e. The van der Waals surface area contributed by atoms with Crippen LogP contribution in [-0.2, 0) is 11.3 Å². The summed E-state index contributed by atoms with van der Waals surface area (Å²) in [5.74, 6) is 0.742. The highest BCUT2D eigenvalue weighted by Crippen LogP contribution is 2.14. The zero-order valence-electron chi connectivity index (χ0n) is 10.6. The third-order valence-corrected chi connectivity index (χ3v) is 2.51. The van der Waals surface area contributed by atoms with E-state index in [-0.39, 0.29) is 0 Å². The summed E-state index contributed by atoms with van der Waals surface area (Å²) in [6.07, 6.45) is 3.02. The largest absolute Gasteiger partial charge is 0.377 e. The molecule has 0 aliphatic rings. The predicted octanol–water partition coefficient (Wildman–Crippen LogP) is 1.99. The fourth-order valence-corrected chi connectivity index (χ4v) is 1.62. The van der Waals surface area contributed by atoms with Gasteiger partial charge in [0.25, 0.3) is 0 Å². The average Bonchev–Trinajstić information content (AvgIpc) is 2.26. The number of methoxy groups -OCH3 is 1. The van der Waals surface area contributed by atoms with E-state index < -0.39 is 0 Å². The van der Waals surface area contributed by atoms with E-state index in [0.717, 1.165) is 30.0 Å². The molecule has 0 aliphatic carbocycles. The van der Waals surface area contributed by atoms with Crippen molar-refractivity contribution in [3.05, 3.63) is 23.3 Å². The molecule has 1 atom stereocenters. The summed E-state index contributed by atoms with van der Waals surface area (Å²) in [4.78, 5) is 8.70. The molecule has 0 saturated heterocycles. The third kappa shape index (κ3) is 3.54. The second kappa shape index (κ2) is 6.55. The van der Waals surface area contributed by atoms with Crippen LogP contribution < -0.4 is 5.32 Å². The Kier molecular flexibility index (Phi) is 5.35. The Bertz CT molecular complexity index is 328. The average molecular weight is 223 g/mol. The van der Waals surface area contributed by atoms with E-state index in [2.05, 4.69) is 29.1 Å². The molecular formula is C12H21N3O. The molecule has 0 fully saturated rings. The normalized spacial score (nSPS) is 12.8. The highest BCUT2D eigenvalue weighted by Gasteiger charge is 2.09. The van der Waals surface area contributed by atoms with Crippen LogP contribution in [0.15, 0.2) is 6.20 Å². The Balaban J connectivity index is 2.73. The van der Waals surface area contributed by atoms with Crippen molar-refractivity contribution < 1.29 is 4.74 Å². The predicted molar refractivity (Wildman–Crippen MR) is 64.2 cm³/mol. The van der Waals surface area contributed by atoms with Crippen LogP contribution in [0, 0.1) is 6.92 Å². The Labute approximate surface area is 97.5 Å². The molecule has 0 saturated carbocycles. The molecule has 1 heterocycles. The van der Waals surface area contributed by atoms with Gasteiger partial charge in [-0.2, -0.15) is 0 Å². The molecule has 1 rings (SSSR count). The number of ether oxygens (including phenoxy) is 1. The van der Waals surface area contributed by atoms with Gasteiger partial charge >= 0.3 is 0 Å². The SMILES string of the molecule is CCCNC(C)c1cnc(COC)nc1C. The van der Waals surface area contributed by atoms with Gasteiger partial charge in [0, 0.05) is 30.6 Å². The van der Waals surface area contributed by atoms with Crippen molar-refractivity contribution in [2.75, 3.05) is 13.7 Å². The zero-order valence-corrected chi connectivity index (χ0v) is 10.6. The van der Waals surface area contributed by atoms with Crippen molar-refractivity contribution in [1.82, 2.24) is 15.3 Å². The van der Waals surface area contributed by atoms with Crippen LogP contribution in [0.3, 0.4) is 0 Å². The highest BCUT2D eigenvalue weighted by atomic mass is 16.5. The summed E-state index contributed by atoms with van der Waals surface area (Å²) < 4.78 is 5.01. The van der Waals surface area contributed by atoms with E-state index >= 15 is 0 Å². The summed E-state index contributed by atoms with van der Waals surface area (Å²) in [5, 5.41) is 3.43. The van der Waals surface area contributed by atoms with Crippen LogP contribution in [0.4, 0.5) is 0 Å². The number of hydrogen-bond acceptors (Lipinski definition) is 4. The molecule has 4 nitrogen and oxygen atoms in total. The maximum atomic E-state index is 5.01. The molecule has 1 unspecified atom stereocenters. The van der Waals surface area contributed by atoms with E-state index in [1.165, 1.54) is 0 Å². The first-order valence-corrected chi connectivity index (χ1v) is 5.73. The summed E-state index contributed by atoms with van der Waals surface area (Å²) in [6.45, 7) is 7.79. The van der Waals surface area contributed by atoms with Crippen molar-refractivity contribution in [2.45, 2.75) is 39.8 Å².